The maximum Gasteiger partial charge on any atom is 0.427 e. The lowest BCUT2D eigenvalue weighted by Crippen LogP contribution is -2.27. The summed E-state index contributed by atoms with van der Waals surface area (Å²) in [5.74, 6) is 0.453. The molecule has 2 aromatic carbocycles. The average Bonchev–Trinajstić information content (AvgIpc) is 3.31. The molecule has 4 aromatic rings. The number of thiazole rings is 1. The maximum absolute atomic E-state index is 13.4. The van der Waals surface area contributed by atoms with Gasteiger partial charge in [-0.25, -0.2) is 9.97 Å². The third kappa shape index (κ3) is 4.64. The molecule has 0 bridgehead atoms. The third-order valence-electron chi connectivity index (χ3n) is 5.17. The topological polar surface area (TPSA) is 107 Å². The number of hydrogen-bond acceptors (Lipinski definition) is 7. The van der Waals surface area contributed by atoms with E-state index in [4.69, 9.17) is 15.7 Å². The Kier molecular flexibility index (Phi) is 6.37. The van der Waals surface area contributed by atoms with Crippen LogP contribution in [0.15, 0.2) is 47.4 Å². The Hall–Kier alpha value is -3.75. The lowest BCUT2D eigenvalue weighted by Gasteiger charge is -2.15. The number of benzene rings is 2. The van der Waals surface area contributed by atoms with Crippen molar-refractivity contribution in [3.8, 4) is 16.6 Å². The van der Waals surface area contributed by atoms with E-state index in [-0.39, 0.29) is 33.7 Å². The van der Waals surface area contributed by atoms with Crippen molar-refractivity contribution in [1.29, 1.82) is 5.26 Å². The second-order valence-electron chi connectivity index (χ2n) is 7.45. The molecule has 174 valence electrons. The van der Waals surface area contributed by atoms with Crippen LogP contribution in [0, 0.1) is 11.3 Å². The molecule has 2 N–H and O–H groups in total. The molecule has 0 aliphatic rings. The molecule has 4 rings (SSSR count). The van der Waals surface area contributed by atoms with Crippen LogP contribution in [-0.2, 0) is 23.9 Å². The van der Waals surface area contributed by atoms with E-state index in [9.17, 15) is 18.0 Å². The summed E-state index contributed by atoms with van der Waals surface area (Å²) in [7, 11) is 1.53. The van der Waals surface area contributed by atoms with Crippen molar-refractivity contribution in [2.75, 3.05) is 19.5 Å². The number of hydrogen-bond donors (Lipinski definition) is 1. The number of ether oxygens (including phenoxy) is 1. The summed E-state index contributed by atoms with van der Waals surface area (Å²) < 4.78 is 45.7. The molecule has 0 aliphatic heterocycles. The van der Waals surface area contributed by atoms with Gasteiger partial charge in [-0.1, -0.05) is 12.1 Å². The minimum atomic E-state index is -4.51. The second-order valence-corrected chi connectivity index (χ2v) is 8.49. The normalized spacial score (nSPS) is 11.6. The molecule has 0 radical (unpaired) electrons. The molecule has 2 aromatic heterocycles. The third-order valence-corrected chi connectivity index (χ3v) is 6.25. The van der Waals surface area contributed by atoms with E-state index in [1.807, 2.05) is 6.07 Å². The van der Waals surface area contributed by atoms with Crippen LogP contribution in [0.4, 0.5) is 18.9 Å². The van der Waals surface area contributed by atoms with Crippen molar-refractivity contribution in [2.24, 2.45) is 0 Å². The van der Waals surface area contributed by atoms with Gasteiger partial charge in [-0.3, -0.25) is 9.36 Å². The van der Waals surface area contributed by atoms with E-state index in [0.29, 0.717) is 41.3 Å². The van der Waals surface area contributed by atoms with Crippen molar-refractivity contribution >= 4 is 27.9 Å². The van der Waals surface area contributed by atoms with Gasteiger partial charge in [0.05, 0.1) is 41.9 Å². The van der Waals surface area contributed by atoms with Gasteiger partial charge in [-0.2, -0.15) is 18.4 Å². The number of nitrogens with two attached hydrogens (primary N) is 1. The Morgan fingerprint density at radius 2 is 1.97 bits per heavy atom. The first kappa shape index (κ1) is 23.4. The van der Waals surface area contributed by atoms with Gasteiger partial charge in [-0.05, 0) is 29.8 Å². The number of halogens is 3. The number of fused-ring (bicyclic) bond motifs is 1. The fraction of sp³-hybridized carbons (Fsp3) is 0.217. The van der Waals surface area contributed by atoms with E-state index < -0.39 is 11.1 Å². The molecule has 2 heterocycles. The first-order valence-electron chi connectivity index (χ1n) is 10.1. The smallest absolute Gasteiger partial charge is 0.398 e. The van der Waals surface area contributed by atoms with Gasteiger partial charge in [0.1, 0.15) is 15.7 Å². The summed E-state index contributed by atoms with van der Waals surface area (Å²) >= 11 is 0.476. The summed E-state index contributed by atoms with van der Waals surface area (Å²) in [6.45, 7) is 0.532. The molecule has 0 saturated carbocycles. The van der Waals surface area contributed by atoms with Crippen LogP contribution in [0.3, 0.4) is 0 Å². The van der Waals surface area contributed by atoms with Crippen LogP contribution in [0.2, 0.25) is 0 Å². The molecule has 0 saturated heterocycles. The number of anilines is 1. The Morgan fingerprint density at radius 1 is 1.24 bits per heavy atom. The van der Waals surface area contributed by atoms with E-state index in [1.165, 1.54) is 23.8 Å². The minimum absolute atomic E-state index is 0.0914. The predicted molar refractivity (Wildman–Crippen MR) is 122 cm³/mol. The first-order chi connectivity index (χ1) is 16.2. The summed E-state index contributed by atoms with van der Waals surface area (Å²) in [5, 5.41) is 9.32. The second kappa shape index (κ2) is 9.24. The fourth-order valence-corrected chi connectivity index (χ4v) is 4.28. The monoisotopic (exact) mass is 485 g/mol. The van der Waals surface area contributed by atoms with E-state index in [1.54, 1.807) is 24.3 Å². The molecule has 0 atom stereocenters. The van der Waals surface area contributed by atoms with Crippen LogP contribution >= 0.6 is 11.3 Å². The maximum atomic E-state index is 13.4. The number of methoxy groups -OCH3 is 1. The van der Waals surface area contributed by atoms with Gasteiger partial charge < -0.3 is 10.5 Å². The van der Waals surface area contributed by atoms with Gasteiger partial charge in [0.15, 0.2) is 0 Å². The Labute approximate surface area is 195 Å². The first-order valence-corrected chi connectivity index (χ1v) is 10.9. The summed E-state index contributed by atoms with van der Waals surface area (Å²) in [4.78, 5) is 21.0. The highest BCUT2D eigenvalue weighted by atomic mass is 32.1. The highest BCUT2D eigenvalue weighted by Gasteiger charge is 2.33. The molecule has 11 heteroatoms. The number of nitrogens with zero attached hydrogens (tertiary/aromatic N) is 4. The highest BCUT2D eigenvalue weighted by Crippen LogP contribution is 2.38. The van der Waals surface area contributed by atoms with Gasteiger partial charge in [0.2, 0.25) is 0 Å². The Balaban J connectivity index is 1.83. The van der Waals surface area contributed by atoms with E-state index >= 15 is 0 Å². The van der Waals surface area contributed by atoms with Crippen LogP contribution in [0.25, 0.3) is 21.5 Å². The zero-order valence-corrected chi connectivity index (χ0v) is 18.7. The van der Waals surface area contributed by atoms with Gasteiger partial charge in [0.25, 0.3) is 5.56 Å². The summed E-state index contributed by atoms with van der Waals surface area (Å²) in [5.41, 5.74) is 7.80. The van der Waals surface area contributed by atoms with Gasteiger partial charge in [-0.15, -0.1) is 11.3 Å². The van der Waals surface area contributed by atoms with Crippen molar-refractivity contribution in [3.63, 3.8) is 0 Å². The van der Waals surface area contributed by atoms with Crippen LogP contribution < -0.4 is 11.3 Å². The minimum Gasteiger partial charge on any atom is -0.398 e. The summed E-state index contributed by atoms with van der Waals surface area (Å²) in [6, 6.07) is 11.8. The molecule has 0 amide bonds. The molecule has 0 unspecified atom stereocenters. The Morgan fingerprint density at radius 3 is 2.59 bits per heavy atom. The van der Waals surface area contributed by atoms with E-state index in [2.05, 4.69) is 9.97 Å². The van der Waals surface area contributed by atoms with Gasteiger partial charge in [0, 0.05) is 24.8 Å². The van der Waals surface area contributed by atoms with Crippen LogP contribution in [0.1, 0.15) is 21.8 Å². The van der Waals surface area contributed by atoms with Crippen molar-refractivity contribution in [2.45, 2.75) is 19.1 Å². The quantitative estimate of drug-likeness (QED) is 0.410. The van der Waals surface area contributed by atoms with Gasteiger partial charge >= 0.3 is 6.18 Å². The van der Waals surface area contributed by atoms with Crippen LogP contribution in [0.5, 0.6) is 0 Å². The SMILES string of the molecule is COCCc1nc2cc(-c3ncc(C(F)(F)F)s3)c(N)cc2c(=O)n1Cc1ccc(C#N)cc1. The lowest BCUT2D eigenvalue weighted by atomic mass is 10.1. The molecule has 7 nitrogen and oxygen atoms in total. The lowest BCUT2D eigenvalue weighted by molar-refractivity contribution is -0.134. The van der Waals surface area contributed by atoms with Crippen molar-refractivity contribution in [1.82, 2.24) is 14.5 Å². The van der Waals surface area contributed by atoms with Crippen molar-refractivity contribution < 1.29 is 17.9 Å². The fourth-order valence-electron chi connectivity index (χ4n) is 3.46. The molecule has 0 aliphatic carbocycles. The number of aromatic nitrogens is 3. The predicted octanol–water partition coefficient (Wildman–Crippen LogP) is 4.23. The van der Waals surface area contributed by atoms with Crippen LogP contribution in [-0.4, -0.2) is 28.3 Å². The zero-order chi connectivity index (χ0) is 24.5. The molecular formula is C23H18F3N5O2S. The molecule has 0 spiro atoms. The number of alkyl halides is 3. The number of nitriles is 1. The number of nitrogen functional groups attached to an aromatic ring is 1. The highest BCUT2D eigenvalue weighted by molar-refractivity contribution is 7.15. The average molecular weight is 485 g/mol. The van der Waals surface area contributed by atoms with E-state index in [0.717, 1.165) is 11.8 Å². The number of rotatable bonds is 6. The molecule has 0 fully saturated rings. The van der Waals surface area contributed by atoms with Crippen molar-refractivity contribution in [3.05, 3.63) is 74.8 Å². The summed E-state index contributed by atoms with van der Waals surface area (Å²) in [6.07, 6.45) is -3.41. The standard InChI is InChI=1S/C23H18F3N5O2S/c1-33-7-6-20-30-18-9-15(21-29-11-19(34-21)23(24,25)26)17(28)8-16(18)22(32)31(20)12-14-4-2-13(10-27)3-5-14/h2-5,8-9,11H,6-7,12,28H2,1H3. The molecule has 34 heavy (non-hydrogen) atoms. The Bertz CT molecular complexity index is 1450. The largest absolute Gasteiger partial charge is 0.427 e. The molecular weight excluding hydrogens is 467 g/mol. The zero-order valence-electron chi connectivity index (χ0n) is 17.9.